The number of rotatable bonds is 8. The Kier molecular flexibility index (Phi) is 5.77. The number of benzene rings is 1. The van der Waals surface area contributed by atoms with Gasteiger partial charge in [0.1, 0.15) is 0 Å². The molecule has 3 N–H and O–H groups in total. The molecular formula is C18H27N3O2. The van der Waals surface area contributed by atoms with Gasteiger partial charge in [-0.15, -0.1) is 0 Å². The van der Waals surface area contributed by atoms with Crippen LogP contribution in [0.15, 0.2) is 24.3 Å². The molecule has 1 aliphatic rings. The van der Waals surface area contributed by atoms with Crippen molar-refractivity contribution in [1.29, 1.82) is 0 Å². The fourth-order valence-electron chi connectivity index (χ4n) is 2.70. The number of amides is 2. The van der Waals surface area contributed by atoms with Gasteiger partial charge in [-0.2, -0.15) is 0 Å². The Balaban J connectivity index is 2.00. The zero-order valence-corrected chi connectivity index (χ0v) is 14.2. The molecule has 1 aliphatic carbocycles. The van der Waals surface area contributed by atoms with Gasteiger partial charge < -0.3 is 11.1 Å². The third kappa shape index (κ3) is 5.36. The highest BCUT2D eigenvalue weighted by molar-refractivity contribution is 5.80. The van der Waals surface area contributed by atoms with Crippen molar-refractivity contribution in [3.63, 3.8) is 0 Å². The summed E-state index contributed by atoms with van der Waals surface area (Å²) in [7, 11) is 0. The van der Waals surface area contributed by atoms with Crippen LogP contribution in [0.3, 0.4) is 0 Å². The lowest BCUT2D eigenvalue weighted by atomic mass is 10.0. The normalized spacial score (nSPS) is 15.7. The standard InChI is InChI=1S/C18H27N3O2/c1-12(2)21(10-16(19)22)11-17(23)20-18(15-8-9-15)14-6-4-13(3)5-7-14/h4-7,12,15,18H,8-11H2,1-3H3,(H2,19,22)(H,20,23). The molecule has 5 nitrogen and oxygen atoms in total. The molecule has 0 spiro atoms. The van der Waals surface area contributed by atoms with Crippen LogP contribution in [0.5, 0.6) is 0 Å². The third-order valence-corrected chi connectivity index (χ3v) is 4.28. The van der Waals surface area contributed by atoms with Gasteiger partial charge in [-0.3, -0.25) is 14.5 Å². The Morgan fingerprint density at radius 3 is 2.30 bits per heavy atom. The van der Waals surface area contributed by atoms with E-state index in [9.17, 15) is 9.59 Å². The van der Waals surface area contributed by atoms with Crippen LogP contribution in [0.1, 0.15) is 43.9 Å². The summed E-state index contributed by atoms with van der Waals surface area (Å²) in [5.41, 5.74) is 7.62. The first-order chi connectivity index (χ1) is 10.9. The number of nitrogens with zero attached hydrogens (tertiary/aromatic N) is 1. The molecule has 5 heteroatoms. The highest BCUT2D eigenvalue weighted by Gasteiger charge is 2.33. The molecule has 1 atom stereocenters. The molecule has 0 heterocycles. The average molecular weight is 317 g/mol. The molecule has 0 bridgehead atoms. The lowest BCUT2D eigenvalue weighted by Gasteiger charge is -2.26. The van der Waals surface area contributed by atoms with Crippen LogP contribution in [0.25, 0.3) is 0 Å². The van der Waals surface area contributed by atoms with E-state index in [1.54, 1.807) is 4.90 Å². The summed E-state index contributed by atoms with van der Waals surface area (Å²) in [4.78, 5) is 25.3. The summed E-state index contributed by atoms with van der Waals surface area (Å²) in [5.74, 6) is 0.0477. The van der Waals surface area contributed by atoms with Crippen LogP contribution in [-0.4, -0.2) is 35.8 Å². The minimum atomic E-state index is -0.413. The van der Waals surface area contributed by atoms with E-state index in [2.05, 4.69) is 36.5 Å². The van der Waals surface area contributed by atoms with E-state index in [1.165, 1.54) is 5.56 Å². The zero-order chi connectivity index (χ0) is 17.0. The van der Waals surface area contributed by atoms with Crippen molar-refractivity contribution in [3.05, 3.63) is 35.4 Å². The highest BCUT2D eigenvalue weighted by atomic mass is 16.2. The van der Waals surface area contributed by atoms with Crippen molar-refractivity contribution in [2.45, 2.75) is 45.7 Å². The molecule has 1 aromatic carbocycles. The van der Waals surface area contributed by atoms with Crippen molar-refractivity contribution in [2.24, 2.45) is 11.7 Å². The van der Waals surface area contributed by atoms with Gasteiger partial charge in [0.2, 0.25) is 11.8 Å². The van der Waals surface area contributed by atoms with Crippen LogP contribution in [0.2, 0.25) is 0 Å². The average Bonchev–Trinajstić information content (AvgIpc) is 3.29. The molecular weight excluding hydrogens is 290 g/mol. The Morgan fingerprint density at radius 1 is 1.22 bits per heavy atom. The molecule has 1 aromatic rings. The number of carbonyl (C=O) groups excluding carboxylic acids is 2. The summed E-state index contributed by atoms with van der Waals surface area (Å²) in [6, 6.07) is 8.47. The first kappa shape index (κ1) is 17.5. The lowest BCUT2D eigenvalue weighted by Crippen LogP contribution is -2.45. The molecule has 23 heavy (non-hydrogen) atoms. The molecule has 1 unspecified atom stereocenters. The van der Waals surface area contributed by atoms with E-state index < -0.39 is 5.91 Å². The van der Waals surface area contributed by atoms with Crippen LogP contribution < -0.4 is 11.1 Å². The summed E-state index contributed by atoms with van der Waals surface area (Å²) in [6.07, 6.45) is 2.29. The maximum atomic E-state index is 12.4. The SMILES string of the molecule is Cc1ccc(C(NC(=O)CN(CC(N)=O)C(C)C)C2CC2)cc1. The van der Waals surface area contributed by atoms with Crippen LogP contribution in [-0.2, 0) is 9.59 Å². The van der Waals surface area contributed by atoms with Crippen LogP contribution >= 0.6 is 0 Å². The largest absolute Gasteiger partial charge is 0.369 e. The van der Waals surface area contributed by atoms with Gasteiger partial charge in [-0.05, 0) is 45.1 Å². The first-order valence-corrected chi connectivity index (χ1v) is 8.25. The second kappa shape index (κ2) is 7.59. The summed E-state index contributed by atoms with van der Waals surface area (Å²) in [6.45, 7) is 6.25. The van der Waals surface area contributed by atoms with E-state index in [0.717, 1.165) is 18.4 Å². The van der Waals surface area contributed by atoms with Gasteiger partial charge in [0.05, 0.1) is 19.1 Å². The molecule has 0 aromatic heterocycles. The van der Waals surface area contributed by atoms with Gasteiger partial charge in [-0.1, -0.05) is 29.8 Å². The molecule has 2 rings (SSSR count). The maximum absolute atomic E-state index is 12.4. The Hall–Kier alpha value is -1.88. The number of nitrogens with two attached hydrogens (primary N) is 1. The molecule has 1 fully saturated rings. The van der Waals surface area contributed by atoms with E-state index in [0.29, 0.717) is 5.92 Å². The van der Waals surface area contributed by atoms with E-state index in [4.69, 9.17) is 5.73 Å². The molecule has 0 radical (unpaired) electrons. The van der Waals surface area contributed by atoms with E-state index in [-0.39, 0.29) is 31.1 Å². The quantitative estimate of drug-likeness (QED) is 0.767. The minimum Gasteiger partial charge on any atom is -0.369 e. The molecule has 0 saturated heterocycles. The summed E-state index contributed by atoms with van der Waals surface area (Å²) >= 11 is 0. The maximum Gasteiger partial charge on any atom is 0.234 e. The fourth-order valence-corrected chi connectivity index (χ4v) is 2.70. The zero-order valence-electron chi connectivity index (χ0n) is 14.2. The minimum absolute atomic E-state index is 0.0579. The second-order valence-corrected chi connectivity index (χ2v) is 6.76. The summed E-state index contributed by atoms with van der Waals surface area (Å²) in [5, 5.41) is 3.14. The van der Waals surface area contributed by atoms with Gasteiger partial charge in [0.15, 0.2) is 0 Å². The van der Waals surface area contributed by atoms with E-state index in [1.807, 2.05) is 13.8 Å². The van der Waals surface area contributed by atoms with Crippen molar-refractivity contribution in [2.75, 3.05) is 13.1 Å². The second-order valence-electron chi connectivity index (χ2n) is 6.76. The fraction of sp³-hybridized carbons (Fsp3) is 0.556. The smallest absolute Gasteiger partial charge is 0.234 e. The van der Waals surface area contributed by atoms with E-state index >= 15 is 0 Å². The lowest BCUT2D eigenvalue weighted by molar-refractivity contribution is -0.125. The topological polar surface area (TPSA) is 75.4 Å². The predicted octanol–water partition coefficient (Wildman–Crippen LogP) is 1.76. The molecule has 2 amide bonds. The number of aryl methyl sites for hydroxylation is 1. The first-order valence-electron chi connectivity index (χ1n) is 8.25. The number of nitrogens with one attached hydrogen (secondary N) is 1. The monoisotopic (exact) mass is 317 g/mol. The van der Waals surface area contributed by atoms with Gasteiger partial charge in [-0.25, -0.2) is 0 Å². The summed E-state index contributed by atoms with van der Waals surface area (Å²) < 4.78 is 0. The number of hydrogen-bond acceptors (Lipinski definition) is 3. The molecule has 1 saturated carbocycles. The Labute approximate surface area is 138 Å². The van der Waals surface area contributed by atoms with Gasteiger partial charge in [0, 0.05) is 6.04 Å². The van der Waals surface area contributed by atoms with Crippen molar-refractivity contribution >= 4 is 11.8 Å². The molecule has 126 valence electrons. The molecule has 0 aliphatic heterocycles. The van der Waals surface area contributed by atoms with Gasteiger partial charge >= 0.3 is 0 Å². The van der Waals surface area contributed by atoms with Crippen molar-refractivity contribution in [3.8, 4) is 0 Å². The third-order valence-electron chi connectivity index (χ3n) is 4.28. The highest BCUT2D eigenvalue weighted by Crippen LogP contribution is 2.41. The number of hydrogen-bond donors (Lipinski definition) is 2. The number of carbonyl (C=O) groups is 2. The van der Waals surface area contributed by atoms with Gasteiger partial charge in [0.25, 0.3) is 0 Å². The number of primary amides is 1. The van der Waals surface area contributed by atoms with Crippen LogP contribution in [0.4, 0.5) is 0 Å². The van der Waals surface area contributed by atoms with Crippen molar-refractivity contribution in [1.82, 2.24) is 10.2 Å². The van der Waals surface area contributed by atoms with Crippen molar-refractivity contribution < 1.29 is 9.59 Å². The van der Waals surface area contributed by atoms with Crippen LogP contribution in [0, 0.1) is 12.8 Å². The Bertz CT molecular complexity index is 550. The predicted molar refractivity (Wildman–Crippen MR) is 90.7 cm³/mol. The Morgan fingerprint density at radius 2 is 1.83 bits per heavy atom.